The number of rotatable bonds is 8. The van der Waals surface area contributed by atoms with Gasteiger partial charge in [0.15, 0.2) is 5.13 Å². The summed E-state index contributed by atoms with van der Waals surface area (Å²) in [5, 5.41) is 0.816. The molecular formula is C25H31N3O2S2. The van der Waals surface area contributed by atoms with Crippen LogP contribution < -0.4 is 4.90 Å². The number of ether oxygens (including phenoxy) is 1. The van der Waals surface area contributed by atoms with Crippen LogP contribution in [0.4, 0.5) is 5.13 Å². The first-order valence-corrected chi connectivity index (χ1v) is 13.0. The fourth-order valence-corrected chi connectivity index (χ4v) is 5.78. The average molecular weight is 470 g/mol. The van der Waals surface area contributed by atoms with Gasteiger partial charge in [0.2, 0.25) is 5.91 Å². The van der Waals surface area contributed by atoms with Crippen molar-refractivity contribution in [1.82, 2.24) is 9.88 Å². The Morgan fingerprint density at radius 2 is 1.81 bits per heavy atom. The molecule has 3 aromatic rings. The molecule has 1 aliphatic rings. The molecule has 170 valence electrons. The molecule has 0 aliphatic carbocycles. The van der Waals surface area contributed by atoms with Gasteiger partial charge in [-0.05, 0) is 44.0 Å². The number of carbonyl (C=O) groups is 1. The highest BCUT2D eigenvalue weighted by Crippen LogP contribution is 2.33. The molecule has 0 N–H and O–H groups in total. The molecular weight excluding hydrogens is 438 g/mol. The number of aryl methyl sites for hydroxylation is 3. The Kier molecular flexibility index (Phi) is 7.84. The fraction of sp³-hybridized carbons (Fsp3) is 0.440. The van der Waals surface area contributed by atoms with Crippen LogP contribution in [0.2, 0.25) is 0 Å². The Morgan fingerprint density at radius 3 is 2.53 bits per heavy atom. The fourth-order valence-electron chi connectivity index (χ4n) is 3.78. The van der Waals surface area contributed by atoms with Gasteiger partial charge in [0.1, 0.15) is 0 Å². The van der Waals surface area contributed by atoms with Gasteiger partial charge < -0.3 is 4.74 Å². The molecule has 0 saturated carbocycles. The molecule has 1 fully saturated rings. The Morgan fingerprint density at radius 1 is 1.09 bits per heavy atom. The third kappa shape index (κ3) is 5.70. The molecule has 1 aliphatic heterocycles. The Bertz CT molecular complexity index is 1020. The lowest BCUT2D eigenvalue weighted by atomic mass is 10.1. The first kappa shape index (κ1) is 23.2. The van der Waals surface area contributed by atoms with Crippen LogP contribution in [0.25, 0.3) is 10.2 Å². The second-order valence-electron chi connectivity index (χ2n) is 8.28. The summed E-state index contributed by atoms with van der Waals surface area (Å²) in [5.74, 6) is 0.908. The van der Waals surface area contributed by atoms with Crippen LogP contribution in [0, 0.1) is 20.8 Å². The number of hydrogen-bond acceptors (Lipinski definition) is 6. The maximum absolute atomic E-state index is 13.3. The van der Waals surface area contributed by atoms with E-state index >= 15 is 0 Å². The zero-order valence-corrected chi connectivity index (χ0v) is 20.7. The van der Waals surface area contributed by atoms with Crippen molar-refractivity contribution in [3.63, 3.8) is 0 Å². The summed E-state index contributed by atoms with van der Waals surface area (Å²) in [6.07, 6.45) is 0.496. The molecule has 1 aromatic heterocycles. The van der Waals surface area contributed by atoms with Gasteiger partial charge >= 0.3 is 0 Å². The highest BCUT2D eigenvalue weighted by molar-refractivity contribution is 7.99. The number of aromatic nitrogens is 1. The van der Waals surface area contributed by atoms with Gasteiger partial charge in [-0.15, -0.1) is 11.8 Å². The number of anilines is 1. The van der Waals surface area contributed by atoms with Crippen molar-refractivity contribution >= 4 is 44.4 Å². The molecule has 2 heterocycles. The number of nitrogens with zero attached hydrogens (tertiary/aromatic N) is 3. The molecule has 32 heavy (non-hydrogen) atoms. The molecule has 4 rings (SSSR count). The van der Waals surface area contributed by atoms with E-state index in [0.717, 1.165) is 54.8 Å². The van der Waals surface area contributed by atoms with Gasteiger partial charge in [0, 0.05) is 43.2 Å². The second-order valence-corrected chi connectivity index (χ2v) is 10.4. The molecule has 0 radical (unpaired) electrons. The minimum atomic E-state index is 0.146. The third-order valence-corrected chi connectivity index (χ3v) is 8.04. The second kappa shape index (κ2) is 10.8. The van der Waals surface area contributed by atoms with Crippen molar-refractivity contribution in [3.05, 3.63) is 53.1 Å². The third-order valence-electron chi connectivity index (χ3n) is 5.81. The first-order valence-electron chi connectivity index (χ1n) is 11.2. The summed E-state index contributed by atoms with van der Waals surface area (Å²) in [4.78, 5) is 23.7. The Labute approximate surface area is 198 Å². The summed E-state index contributed by atoms with van der Waals surface area (Å²) in [6.45, 7) is 11.2. The summed E-state index contributed by atoms with van der Waals surface area (Å²) < 4.78 is 6.65. The highest BCUT2D eigenvalue weighted by Gasteiger charge is 2.22. The maximum atomic E-state index is 13.3. The summed E-state index contributed by atoms with van der Waals surface area (Å²) in [6, 6.07) is 12.7. The van der Waals surface area contributed by atoms with E-state index in [1.807, 2.05) is 4.90 Å². The van der Waals surface area contributed by atoms with E-state index in [9.17, 15) is 4.79 Å². The lowest BCUT2D eigenvalue weighted by molar-refractivity contribution is -0.118. The predicted octanol–water partition coefficient (Wildman–Crippen LogP) is 5.07. The van der Waals surface area contributed by atoms with Crippen molar-refractivity contribution < 1.29 is 9.53 Å². The number of hydrogen-bond donors (Lipinski definition) is 0. The standard InChI is InChI=1S/C25H31N3O2S2/c1-18-4-8-21(9-5-18)31-17-10-22(29)28(12-11-27-13-15-30-16-14-27)25-26-23-19(2)6-7-20(3)24(23)32-25/h4-9H,10-17H2,1-3H3. The maximum Gasteiger partial charge on any atom is 0.229 e. The van der Waals surface area contributed by atoms with Crippen molar-refractivity contribution in [2.24, 2.45) is 0 Å². The van der Waals surface area contributed by atoms with Crippen LogP contribution in [0.5, 0.6) is 0 Å². The van der Waals surface area contributed by atoms with E-state index in [-0.39, 0.29) is 5.91 Å². The van der Waals surface area contributed by atoms with Gasteiger partial charge in [-0.2, -0.15) is 0 Å². The van der Waals surface area contributed by atoms with E-state index in [1.165, 1.54) is 20.7 Å². The highest BCUT2D eigenvalue weighted by atomic mass is 32.2. The SMILES string of the molecule is Cc1ccc(SCCC(=O)N(CCN2CCOCC2)c2nc3c(C)ccc(C)c3s2)cc1. The number of morpholine rings is 1. The number of amides is 1. The summed E-state index contributed by atoms with van der Waals surface area (Å²) in [7, 11) is 0. The van der Waals surface area contributed by atoms with Gasteiger partial charge in [-0.3, -0.25) is 14.6 Å². The van der Waals surface area contributed by atoms with Crippen LogP contribution in [0.1, 0.15) is 23.1 Å². The predicted molar refractivity (Wildman–Crippen MR) is 135 cm³/mol. The zero-order chi connectivity index (χ0) is 22.5. The molecule has 1 saturated heterocycles. The number of carbonyl (C=O) groups excluding carboxylic acids is 1. The van der Waals surface area contributed by atoms with E-state index < -0.39 is 0 Å². The summed E-state index contributed by atoms with van der Waals surface area (Å²) >= 11 is 3.37. The van der Waals surface area contributed by atoms with Crippen molar-refractivity contribution in [2.45, 2.75) is 32.1 Å². The smallest absolute Gasteiger partial charge is 0.229 e. The molecule has 7 heteroatoms. The molecule has 5 nitrogen and oxygen atoms in total. The van der Waals surface area contributed by atoms with Gasteiger partial charge in [0.05, 0.1) is 23.4 Å². The van der Waals surface area contributed by atoms with Crippen LogP contribution in [-0.4, -0.2) is 60.9 Å². The zero-order valence-electron chi connectivity index (χ0n) is 19.1. The molecule has 1 amide bonds. The van der Waals surface area contributed by atoms with Crippen LogP contribution in [0.15, 0.2) is 41.3 Å². The molecule has 0 atom stereocenters. The Balaban J connectivity index is 1.48. The topological polar surface area (TPSA) is 45.7 Å². The quantitative estimate of drug-likeness (QED) is 0.431. The normalized spacial score (nSPS) is 14.7. The minimum Gasteiger partial charge on any atom is -0.379 e. The van der Waals surface area contributed by atoms with Crippen molar-refractivity contribution in [1.29, 1.82) is 0 Å². The number of thiazole rings is 1. The van der Waals surface area contributed by atoms with Crippen molar-refractivity contribution in [2.75, 3.05) is 50.0 Å². The van der Waals surface area contributed by atoms with E-state index in [4.69, 9.17) is 9.72 Å². The monoisotopic (exact) mass is 469 g/mol. The average Bonchev–Trinajstić information content (AvgIpc) is 3.25. The number of thioether (sulfide) groups is 1. The van der Waals surface area contributed by atoms with E-state index in [1.54, 1.807) is 23.1 Å². The largest absolute Gasteiger partial charge is 0.379 e. The minimum absolute atomic E-state index is 0.146. The lowest BCUT2D eigenvalue weighted by Gasteiger charge is -2.29. The van der Waals surface area contributed by atoms with E-state index in [2.05, 4.69) is 62.1 Å². The first-order chi connectivity index (χ1) is 15.5. The van der Waals surface area contributed by atoms with E-state index in [0.29, 0.717) is 13.0 Å². The summed E-state index contributed by atoms with van der Waals surface area (Å²) in [5.41, 5.74) is 4.64. The van der Waals surface area contributed by atoms with Crippen molar-refractivity contribution in [3.8, 4) is 0 Å². The van der Waals surface area contributed by atoms with Crippen LogP contribution in [-0.2, 0) is 9.53 Å². The Hall–Kier alpha value is -1.93. The molecule has 0 spiro atoms. The number of fused-ring (bicyclic) bond motifs is 1. The van der Waals surface area contributed by atoms with Crippen LogP contribution >= 0.6 is 23.1 Å². The lowest BCUT2D eigenvalue weighted by Crippen LogP contribution is -2.43. The molecule has 2 aromatic carbocycles. The van der Waals surface area contributed by atoms with Gasteiger partial charge in [-0.1, -0.05) is 41.2 Å². The van der Waals surface area contributed by atoms with Crippen LogP contribution in [0.3, 0.4) is 0 Å². The molecule has 0 bridgehead atoms. The number of benzene rings is 2. The van der Waals surface area contributed by atoms with Gasteiger partial charge in [-0.25, -0.2) is 4.98 Å². The van der Waals surface area contributed by atoms with Gasteiger partial charge in [0.25, 0.3) is 0 Å². The molecule has 0 unspecified atom stereocenters.